The number of hydrazine groups is 1. The van der Waals surface area contributed by atoms with Gasteiger partial charge in [0.05, 0.1) is 0 Å². The van der Waals surface area contributed by atoms with Crippen molar-refractivity contribution < 1.29 is 4.79 Å². The molecule has 0 bridgehead atoms. The molecule has 1 aliphatic carbocycles. The number of hydrogen-bond acceptors (Lipinski definition) is 2. The number of carbonyl (C=O) groups is 1. The van der Waals surface area contributed by atoms with Crippen LogP contribution >= 0.6 is 0 Å². The van der Waals surface area contributed by atoms with Crippen LogP contribution < -0.4 is 16.6 Å². The molecule has 2 amide bonds. The van der Waals surface area contributed by atoms with E-state index in [4.69, 9.17) is 5.84 Å². The Morgan fingerprint density at radius 1 is 1.38 bits per heavy atom. The van der Waals surface area contributed by atoms with E-state index < -0.39 is 0 Å². The number of nitrogens with one attached hydrogen (secondary N) is 2. The van der Waals surface area contributed by atoms with Gasteiger partial charge in [0.1, 0.15) is 0 Å². The average Bonchev–Trinajstić information content (AvgIpc) is 2.16. The van der Waals surface area contributed by atoms with Crippen molar-refractivity contribution in [2.45, 2.75) is 32.6 Å². The summed E-state index contributed by atoms with van der Waals surface area (Å²) in [5, 5.41) is 2.74. The zero-order valence-corrected chi connectivity index (χ0v) is 8.18. The van der Waals surface area contributed by atoms with Gasteiger partial charge in [0, 0.05) is 6.54 Å². The van der Waals surface area contributed by atoms with Crippen LogP contribution in [0.15, 0.2) is 0 Å². The molecule has 0 aliphatic heterocycles. The largest absolute Gasteiger partial charge is 0.337 e. The summed E-state index contributed by atoms with van der Waals surface area (Å²) in [5.41, 5.74) is 2.06. The van der Waals surface area contributed by atoms with Crippen molar-refractivity contribution in [2.24, 2.45) is 17.7 Å². The quantitative estimate of drug-likeness (QED) is 0.341. The van der Waals surface area contributed by atoms with Crippen LogP contribution in [0.1, 0.15) is 32.6 Å². The fourth-order valence-corrected chi connectivity index (χ4v) is 1.82. The Morgan fingerprint density at radius 2 is 2.00 bits per heavy atom. The van der Waals surface area contributed by atoms with Gasteiger partial charge in [-0.2, -0.15) is 0 Å². The van der Waals surface area contributed by atoms with E-state index in [1.165, 1.54) is 25.7 Å². The molecule has 0 heterocycles. The van der Waals surface area contributed by atoms with E-state index in [9.17, 15) is 4.79 Å². The number of urea groups is 1. The average molecular weight is 185 g/mol. The summed E-state index contributed by atoms with van der Waals surface area (Å²) in [5.74, 6) is 6.46. The third-order valence-corrected chi connectivity index (χ3v) is 2.82. The highest BCUT2D eigenvalue weighted by atomic mass is 16.2. The van der Waals surface area contributed by atoms with Crippen molar-refractivity contribution in [3.05, 3.63) is 0 Å². The SMILES string of the molecule is CC1CCC(CNC(=O)NN)CC1. The lowest BCUT2D eigenvalue weighted by Gasteiger charge is -2.26. The van der Waals surface area contributed by atoms with Crippen LogP contribution in [0.2, 0.25) is 0 Å². The first-order valence-corrected chi connectivity index (χ1v) is 4.96. The number of hydrogen-bond donors (Lipinski definition) is 3. The van der Waals surface area contributed by atoms with E-state index in [-0.39, 0.29) is 6.03 Å². The van der Waals surface area contributed by atoms with Crippen molar-refractivity contribution in [3.63, 3.8) is 0 Å². The van der Waals surface area contributed by atoms with Gasteiger partial charge >= 0.3 is 6.03 Å². The van der Waals surface area contributed by atoms with Gasteiger partial charge in [0.2, 0.25) is 0 Å². The van der Waals surface area contributed by atoms with Crippen molar-refractivity contribution in [3.8, 4) is 0 Å². The molecular formula is C9H19N3O. The highest BCUT2D eigenvalue weighted by Gasteiger charge is 2.18. The van der Waals surface area contributed by atoms with Crippen LogP contribution in [0.25, 0.3) is 0 Å². The molecule has 76 valence electrons. The molecule has 0 aromatic rings. The van der Waals surface area contributed by atoms with E-state index in [0.29, 0.717) is 5.92 Å². The summed E-state index contributed by atoms with van der Waals surface area (Å²) in [4.78, 5) is 10.8. The summed E-state index contributed by atoms with van der Waals surface area (Å²) in [6.07, 6.45) is 5.03. The Balaban J connectivity index is 2.12. The maximum atomic E-state index is 10.8. The second-order valence-corrected chi connectivity index (χ2v) is 3.98. The lowest BCUT2D eigenvalue weighted by atomic mass is 9.83. The molecule has 0 unspecified atom stereocenters. The Kier molecular flexibility index (Phi) is 4.02. The van der Waals surface area contributed by atoms with Gasteiger partial charge in [-0.15, -0.1) is 0 Å². The number of carbonyl (C=O) groups excluding carboxylic acids is 1. The molecule has 0 aromatic carbocycles. The molecule has 4 heteroatoms. The van der Waals surface area contributed by atoms with E-state index in [2.05, 4.69) is 17.7 Å². The van der Waals surface area contributed by atoms with Gasteiger partial charge in [-0.1, -0.05) is 19.8 Å². The predicted octanol–water partition coefficient (Wildman–Crippen LogP) is 0.986. The number of nitrogens with two attached hydrogens (primary N) is 1. The molecule has 1 fully saturated rings. The molecule has 0 spiro atoms. The molecule has 0 aromatic heterocycles. The lowest BCUT2D eigenvalue weighted by molar-refractivity contribution is 0.233. The van der Waals surface area contributed by atoms with E-state index in [1.54, 1.807) is 0 Å². The first-order valence-electron chi connectivity index (χ1n) is 4.96. The Labute approximate surface area is 79.2 Å². The van der Waals surface area contributed by atoms with Gasteiger partial charge in [0.15, 0.2) is 0 Å². The zero-order valence-electron chi connectivity index (χ0n) is 8.18. The first-order chi connectivity index (χ1) is 6.22. The summed E-state index contributed by atoms with van der Waals surface area (Å²) < 4.78 is 0. The molecule has 0 saturated heterocycles. The second kappa shape index (κ2) is 5.07. The monoisotopic (exact) mass is 185 g/mol. The molecular weight excluding hydrogens is 166 g/mol. The Hall–Kier alpha value is -0.770. The summed E-state index contributed by atoms with van der Waals surface area (Å²) in [6.45, 7) is 3.05. The zero-order chi connectivity index (χ0) is 9.68. The van der Waals surface area contributed by atoms with Crippen LogP contribution in [-0.2, 0) is 0 Å². The van der Waals surface area contributed by atoms with Crippen LogP contribution in [0.5, 0.6) is 0 Å². The van der Waals surface area contributed by atoms with E-state index >= 15 is 0 Å². The molecule has 0 atom stereocenters. The molecule has 13 heavy (non-hydrogen) atoms. The Morgan fingerprint density at radius 3 is 2.54 bits per heavy atom. The second-order valence-electron chi connectivity index (χ2n) is 3.98. The van der Waals surface area contributed by atoms with Crippen molar-refractivity contribution in [1.29, 1.82) is 0 Å². The van der Waals surface area contributed by atoms with Crippen LogP contribution in [0.3, 0.4) is 0 Å². The van der Waals surface area contributed by atoms with Crippen LogP contribution in [-0.4, -0.2) is 12.6 Å². The molecule has 4 N–H and O–H groups in total. The third-order valence-electron chi connectivity index (χ3n) is 2.82. The fraction of sp³-hybridized carbons (Fsp3) is 0.889. The molecule has 1 aliphatic rings. The molecule has 0 radical (unpaired) electrons. The molecule has 1 rings (SSSR count). The topological polar surface area (TPSA) is 67.2 Å². The maximum Gasteiger partial charge on any atom is 0.328 e. The molecule has 4 nitrogen and oxygen atoms in total. The third kappa shape index (κ3) is 3.63. The first kappa shape index (κ1) is 10.3. The minimum atomic E-state index is -0.279. The van der Waals surface area contributed by atoms with Gasteiger partial charge in [-0.25, -0.2) is 10.6 Å². The minimum absolute atomic E-state index is 0.279. The minimum Gasteiger partial charge on any atom is -0.337 e. The smallest absolute Gasteiger partial charge is 0.328 e. The highest BCUT2D eigenvalue weighted by Crippen LogP contribution is 2.27. The van der Waals surface area contributed by atoms with Crippen molar-refractivity contribution in [2.75, 3.05) is 6.54 Å². The van der Waals surface area contributed by atoms with E-state index in [0.717, 1.165) is 12.5 Å². The molecule has 1 saturated carbocycles. The highest BCUT2D eigenvalue weighted by molar-refractivity contribution is 5.72. The van der Waals surface area contributed by atoms with Crippen molar-refractivity contribution >= 4 is 6.03 Å². The fourth-order valence-electron chi connectivity index (χ4n) is 1.82. The summed E-state index contributed by atoms with van der Waals surface area (Å²) in [7, 11) is 0. The predicted molar refractivity (Wildman–Crippen MR) is 51.8 cm³/mol. The summed E-state index contributed by atoms with van der Waals surface area (Å²) in [6, 6.07) is -0.279. The maximum absolute atomic E-state index is 10.8. The summed E-state index contributed by atoms with van der Waals surface area (Å²) >= 11 is 0. The number of amides is 2. The van der Waals surface area contributed by atoms with E-state index in [1.807, 2.05) is 0 Å². The lowest BCUT2D eigenvalue weighted by Crippen LogP contribution is -2.42. The van der Waals surface area contributed by atoms with Gasteiger partial charge in [-0.3, -0.25) is 5.43 Å². The van der Waals surface area contributed by atoms with Crippen molar-refractivity contribution in [1.82, 2.24) is 10.7 Å². The van der Waals surface area contributed by atoms with Gasteiger partial charge in [-0.05, 0) is 24.7 Å². The van der Waals surface area contributed by atoms with Gasteiger partial charge in [0.25, 0.3) is 0 Å². The normalized spacial score (nSPS) is 28.2. The standard InChI is InChI=1S/C9H19N3O/c1-7-2-4-8(5-3-7)6-11-9(13)12-10/h7-8H,2-6,10H2,1H3,(H2,11,12,13). The van der Waals surface area contributed by atoms with Gasteiger partial charge < -0.3 is 5.32 Å². The van der Waals surface area contributed by atoms with Crippen LogP contribution in [0, 0.1) is 11.8 Å². The number of rotatable bonds is 2. The Bertz CT molecular complexity index is 164. The van der Waals surface area contributed by atoms with Crippen LogP contribution in [0.4, 0.5) is 4.79 Å².